The van der Waals surface area contributed by atoms with Crippen LogP contribution in [0.5, 0.6) is 0 Å². The van der Waals surface area contributed by atoms with Gasteiger partial charge in [0.25, 0.3) is 0 Å². The fourth-order valence-corrected chi connectivity index (χ4v) is 3.78. The smallest absolute Gasteiger partial charge is 0.407 e. The molecule has 1 aromatic heterocycles. The molecule has 0 bridgehead atoms. The van der Waals surface area contributed by atoms with Crippen molar-refractivity contribution in [3.8, 4) is 0 Å². The van der Waals surface area contributed by atoms with Crippen molar-refractivity contribution in [3.05, 3.63) is 24.0 Å². The molecule has 1 saturated carbocycles. The van der Waals surface area contributed by atoms with Gasteiger partial charge in [0.15, 0.2) is 0 Å². The fourth-order valence-electron chi connectivity index (χ4n) is 3.78. The Morgan fingerprint density at radius 2 is 2.28 bits per heavy atom. The topological polar surface area (TPSA) is 107 Å². The van der Waals surface area contributed by atoms with Crippen LogP contribution in [-0.2, 0) is 9.47 Å². The molecule has 2 aliphatic rings. The zero-order chi connectivity index (χ0) is 18.2. The average Bonchev–Trinajstić information content (AvgIpc) is 2.88. The number of nitrogens with zero attached hydrogens (tertiary/aromatic N) is 1. The van der Waals surface area contributed by atoms with Crippen molar-refractivity contribution in [2.24, 2.45) is 0 Å². The number of aliphatic hydroxyl groups is 1. The average molecular weight is 349 g/mol. The summed E-state index contributed by atoms with van der Waals surface area (Å²) in [6, 6.07) is 1.37. The van der Waals surface area contributed by atoms with Crippen LogP contribution in [0.4, 0.5) is 10.5 Å². The number of aromatic nitrogens is 1. The van der Waals surface area contributed by atoms with E-state index < -0.39 is 23.3 Å². The number of carbonyl (C=O) groups excluding carboxylic acids is 1. The van der Waals surface area contributed by atoms with E-state index in [2.05, 4.69) is 10.3 Å². The summed E-state index contributed by atoms with van der Waals surface area (Å²) in [4.78, 5) is 16.3. The van der Waals surface area contributed by atoms with Crippen LogP contribution in [-0.4, -0.2) is 39.5 Å². The molecule has 0 spiro atoms. The number of hydrogen-bond donors (Lipinski definition) is 3. The van der Waals surface area contributed by atoms with Crippen LogP contribution in [0.1, 0.15) is 58.1 Å². The maximum absolute atomic E-state index is 12.2. The Bertz CT molecular complexity index is 645. The summed E-state index contributed by atoms with van der Waals surface area (Å²) in [7, 11) is 0. The highest BCUT2D eigenvalue weighted by molar-refractivity contribution is 5.68. The summed E-state index contributed by atoms with van der Waals surface area (Å²) in [5, 5.41) is 14.0. The zero-order valence-corrected chi connectivity index (χ0v) is 15.0. The lowest BCUT2D eigenvalue weighted by Gasteiger charge is -2.45. The van der Waals surface area contributed by atoms with Gasteiger partial charge in [-0.25, -0.2) is 4.79 Å². The summed E-state index contributed by atoms with van der Waals surface area (Å²) in [6.45, 7) is 5.43. The third kappa shape index (κ3) is 3.72. The number of anilines is 1. The molecule has 0 radical (unpaired) electrons. The number of alkyl carbamates (subject to hydrolysis) is 1. The maximum atomic E-state index is 12.2. The first-order chi connectivity index (χ1) is 11.7. The van der Waals surface area contributed by atoms with Crippen LogP contribution < -0.4 is 11.1 Å². The molecule has 138 valence electrons. The third-order valence-electron chi connectivity index (χ3n) is 4.91. The van der Waals surface area contributed by atoms with Gasteiger partial charge in [-0.15, -0.1) is 0 Å². The van der Waals surface area contributed by atoms with E-state index in [9.17, 15) is 9.90 Å². The molecule has 2 fully saturated rings. The monoisotopic (exact) mass is 349 g/mol. The predicted octanol–water partition coefficient (Wildman–Crippen LogP) is 2.30. The predicted molar refractivity (Wildman–Crippen MR) is 92.8 cm³/mol. The Morgan fingerprint density at radius 3 is 2.96 bits per heavy atom. The summed E-state index contributed by atoms with van der Waals surface area (Å²) in [6.07, 6.45) is 4.73. The minimum Gasteiger partial charge on any atom is -0.444 e. The molecule has 1 aliphatic heterocycles. The fraction of sp³-hybridized carbons (Fsp3) is 0.667. The van der Waals surface area contributed by atoms with Crippen molar-refractivity contribution in [1.29, 1.82) is 0 Å². The maximum Gasteiger partial charge on any atom is 0.407 e. The van der Waals surface area contributed by atoms with Gasteiger partial charge in [0.05, 0.1) is 30.1 Å². The molecule has 4 atom stereocenters. The molecule has 1 saturated heterocycles. The number of ether oxygens (including phenoxy) is 2. The molecule has 7 heteroatoms. The van der Waals surface area contributed by atoms with Gasteiger partial charge in [0.2, 0.25) is 0 Å². The van der Waals surface area contributed by atoms with Gasteiger partial charge in [0, 0.05) is 18.2 Å². The zero-order valence-electron chi connectivity index (χ0n) is 15.0. The van der Waals surface area contributed by atoms with E-state index in [4.69, 9.17) is 15.2 Å². The summed E-state index contributed by atoms with van der Waals surface area (Å²) < 4.78 is 11.5. The van der Waals surface area contributed by atoms with E-state index in [1.165, 1.54) is 0 Å². The molecule has 2 heterocycles. The number of amides is 1. The van der Waals surface area contributed by atoms with Crippen molar-refractivity contribution >= 4 is 11.8 Å². The van der Waals surface area contributed by atoms with Crippen molar-refractivity contribution < 1.29 is 19.4 Å². The number of nitrogen functional groups attached to an aromatic ring is 1. The third-order valence-corrected chi connectivity index (χ3v) is 4.91. The van der Waals surface area contributed by atoms with Crippen LogP contribution >= 0.6 is 0 Å². The number of rotatable bonds is 2. The highest BCUT2D eigenvalue weighted by atomic mass is 16.6. The first-order valence-electron chi connectivity index (χ1n) is 8.76. The molecular weight excluding hydrogens is 322 g/mol. The van der Waals surface area contributed by atoms with Gasteiger partial charge in [-0.2, -0.15) is 0 Å². The quantitative estimate of drug-likeness (QED) is 0.756. The number of hydrogen-bond acceptors (Lipinski definition) is 6. The highest BCUT2D eigenvalue weighted by Gasteiger charge is 2.54. The van der Waals surface area contributed by atoms with E-state index in [1.54, 1.807) is 12.4 Å². The van der Waals surface area contributed by atoms with Gasteiger partial charge < -0.3 is 25.6 Å². The van der Waals surface area contributed by atoms with Crippen molar-refractivity contribution in [2.75, 3.05) is 5.73 Å². The van der Waals surface area contributed by atoms with E-state index in [1.807, 2.05) is 26.8 Å². The molecule has 3 rings (SSSR count). The Morgan fingerprint density at radius 1 is 1.52 bits per heavy atom. The van der Waals surface area contributed by atoms with Gasteiger partial charge in [-0.3, -0.25) is 4.98 Å². The molecule has 7 nitrogen and oxygen atoms in total. The summed E-state index contributed by atoms with van der Waals surface area (Å²) in [5.41, 5.74) is 5.75. The number of fused-ring (bicyclic) bond motifs is 1. The number of pyridine rings is 1. The molecular formula is C18H27N3O4. The van der Waals surface area contributed by atoms with Gasteiger partial charge in [0.1, 0.15) is 11.2 Å². The standard InChI is InChI=1S/C18H27N3O4/c1-17(2,3)25-16(22)21-14-9-13(11-6-8-20-10-12(11)19)24-15-5-4-7-18(14,15)23/h6,8,10,13-15,23H,4-5,7,9,19H2,1-3H3,(H,21,22)/t13-,14-,15-,18-/m1/s1. The van der Waals surface area contributed by atoms with Crippen molar-refractivity contribution in [3.63, 3.8) is 0 Å². The second kappa shape index (κ2) is 6.46. The van der Waals surface area contributed by atoms with E-state index >= 15 is 0 Å². The summed E-state index contributed by atoms with van der Waals surface area (Å²) >= 11 is 0. The number of nitrogens with two attached hydrogens (primary N) is 1. The van der Waals surface area contributed by atoms with Gasteiger partial charge >= 0.3 is 6.09 Å². The van der Waals surface area contributed by atoms with E-state index in [-0.39, 0.29) is 12.2 Å². The van der Waals surface area contributed by atoms with Gasteiger partial charge in [-0.05, 0) is 46.1 Å². The highest BCUT2D eigenvalue weighted by Crippen LogP contribution is 2.46. The SMILES string of the molecule is CC(C)(C)OC(=O)N[C@@H]1C[C@H](c2ccncc2N)O[C@@H]2CCC[C@@]12O. The van der Waals surface area contributed by atoms with Crippen LogP contribution in [0, 0.1) is 0 Å². The van der Waals surface area contributed by atoms with Crippen LogP contribution in [0.2, 0.25) is 0 Å². The second-order valence-electron chi connectivity index (χ2n) is 7.94. The first-order valence-corrected chi connectivity index (χ1v) is 8.76. The lowest BCUT2D eigenvalue weighted by molar-refractivity contribution is -0.176. The minimum absolute atomic E-state index is 0.300. The van der Waals surface area contributed by atoms with Crippen molar-refractivity contribution in [1.82, 2.24) is 10.3 Å². The molecule has 0 aromatic carbocycles. The second-order valence-corrected chi connectivity index (χ2v) is 7.94. The van der Waals surface area contributed by atoms with Crippen molar-refractivity contribution in [2.45, 2.75) is 75.9 Å². The first kappa shape index (κ1) is 17.9. The Balaban J connectivity index is 1.81. The van der Waals surface area contributed by atoms with Crippen LogP contribution in [0.25, 0.3) is 0 Å². The Hall–Kier alpha value is -1.86. The number of carbonyl (C=O) groups is 1. The van der Waals surface area contributed by atoms with E-state index in [0.717, 1.165) is 18.4 Å². The minimum atomic E-state index is -1.07. The van der Waals surface area contributed by atoms with Crippen LogP contribution in [0.15, 0.2) is 18.5 Å². The normalized spacial score (nSPS) is 32.1. The van der Waals surface area contributed by atoms with Crippen LogP contribution in [0.3, 0.4) is 0 Å². The summed E-state index contributed by atoms with van der Waals surface area (Å²) in [5.74, 6) is 0. The Labute approximate surface area is 147 Å². The molecule has 1 amide bonds. The molecule has 25 heavy (non-hydrogen) atoms. The lowest BCUT2D eigenvalue weighted by atomic mass is 9.82. The van der Waals surface area contributed by atoms with Gasteiger partial charge in [-0.1, -0.05) is 0 Å². The Kier molecular flexibility index (Phi) is 4.64. The molecule has 4 N–H and O–H groups in total. The molecule has 1 aromatic rings. The lowest BCUT2D eigenvalue weighted by Crippen LogP contribution is -2.61. The number of nitrogens with one attached hydrogen (secondary N) is 1. The molecule has 1 aliphatic carbocycles. The largest absolute Gasteiger partial charge is 0.444 e. The molecule has 0 unspecified atom stereocenters. The van der Waals surface area contributed by atoms with E-state index in [0.29, 0.717) is 18.5 Å².